The molecule has 2 aromatic rings. The molecule has 0 bridgehead atoms. The summed E-state index contributed by atoms with van der Waals surface area (Å²) in [6.07, 6.45) is -0.125. The number of amides is 1. The maximum atomic E-state index is 12.2. The number of aliphatic carboxylic acids is 2. The molecule has 3 N–H and O–H groups in total. The first kappa shape index (κ1) is 19.6. The zero-order valence-electron chi connectivity index (χ0n) is 14.3. The van der Waals surface area contributed by atoms with Crippen LogP contribution < -0.4 is 10.1 Å². The summed E-state index contributed by atoms with van der Waals surface area (Å²) in [5, 5.41) is 19.6. The van der Waals surface area contributed by atoms with Gasteiger partial charge in [0.1, 0.15) is 11.8 Å². The molecule has 0 saturated heterocycles. The quantitative estimate of drug-likeness (QED) is 0.398. The average Bonchev–Trinajstić information content (AvgIpc) is 2.62. The molecule has 0 fully saturated rings. The first-order chi connectivity index (χ1) is 12.8. The Morgan fingerprint density at radius 1 is 1.00 bits per heavy atom. The minimum atomic E-state index is -1.76. The van der Waals surface area contributed by atoms with Crippen LogP contribution in [0, 0.1) is 6.92 Å². The second-order valence-electron chi connectivity index (χ2n) is 5.72. The average molecular weight is 371 g/mol. The van der Waals surface area contributed by atoms with Crippen molar-refractivity contribution in [2.24, 2.45) is 0 Å². The SMILES string of the molecule is Cc1ccccc1C(=O)Oc1ccc(CC(NC(=O)C(=O)O)C(=O)O)cc1. The van der Waals surface area contributed by atoms with Crippen LogP contribution in [0.2, 0.25) is 0 Å². The fraction of sp³-hybridized carbons (Fsp3) is 0.158. The van der Waals surface area contributed by atoms with Crippen molar-refractivity contribution < 1.29 is 34.1 Å². The highest BCUT2D eigenvalue weighted by Gasteiger charge is 2.23. The van der Waals surface area contributed by atoms with Crippen LogP contribution in [0.5, 0.6) is 5.75 Å². The molecule has 27 heavy (non-hydrogen) atoms. The van der Waals surface area contributed by atoms with Gasteiger partial charge in [-0.3, -0.25) is 4.79 Å². The van der Waals surface area contributed by atoms with Crippen LogP contribution in [0.3, 0.4) is 0 Å². The number of benzene rings is 2. The molecule has 0 spiro atoms. The molecule has 8 nitrogen and oxygen atoms in total. The van der Waals surface area contributed by atoms with Gasteiger partial charge in [0.15, 0.2) is 0 Å². The summed E-state index contributed by atoms with van der Waals surface area (Å²) in [7, 11) is 0. The van der Waals surface area contributed by atoms with E-state index in [0.29, 0.717) is 11.1 Å². The molecule has 0 aliphatic carbocycles. The Morgan fingerprint density at radius 2 is 1.63 bits per heavy atom. The molecule has 1 atom stereocenters. The third-order valence-electron chi connectivity index (χ3n) is 3.74. The van der Waals surface area contributed by atoms with Gasteiger partial charge in [0.05, 0.1) is 5.56 Å². The second kappa shape index (κ2) is 8.61. The van der Waals surface area contributed by atoms with Crippen molar-refractivity contribution in [1.29, 1.82) is 0 Å². The van der Waals surface area contributed by atoms with E-state index in [1.807, 2.05) is 11.4 Å². The maximum absolute atomic E-state index is 12.2. The monoisotopic (exact) mass is 371 g/mol. The van der Waals surface area contributed by atoms with Crippen molar-refractivity contribution in [1.82, 2.24) is 5.32 Å². The number of rotatable bonds is 6. The molecule has 2 aromatic carbocycles. The normalized spacial score (nSPS) is 11.3. The lowest BCUT2D eigenvalue weighted by Gasteiger charge is -2.13. The third-order valence-corrected chi connectivity index (χ3v) is 3.74. The van der Waals surface area contributed by atoms with Crippen molar-refractivity contribution in [2.75, 3.05) is 0 Å². The van der Waals surface area contributed by atoms with Crippen molar-refractivity contribution in [2.45, 2.75) is 19.4 Å². The summed E-state index contributed by atoms with van der Waals surface area (Å²) in [6.45, 7) is 1.79. The van der Waals surface area contributed by atoms with Gasteiger partial charge >= 0.3 is 23.8 Å². The molecule has 0 aliphatic heterocycles. The molecular weight excluding hydrogens is 354 g/mol. The van der Waals surface area contributed by atoms with Crippen LogP contribution in [0.25, 0.3) is 0 Å². The predicted molar refractivity (Wildman–Crippen MR) is 93.5 cm³/mol. The van der Waals surface area contributed by atoms with Crippen LogP contribution in [0.15, 0.2) is 48.5 Å². The highest BCUT2D eigenvalue weighted by Crippen LogP contribution is 2.17. The zero-order valence-corrected chi connectivity index (χ0v) is 14.3. The zero-order chi connectivity index (χ0) is 20.0. The van der Waals surface area contributed by atoms with Crippen LogP contribution >= 0.6 is 0 Å². The molecule has 1 amide bonds. The number of aryl methyl sites for hydroxylation is 1. The van der Waals surface area contributed by atoms with Crippen molar-refractivity contribution >= 4 is 23.8 Å². The van der Waals surface area contributed by atoms with E-state index in [-0.39, 0.29) is 12.2 Å². The van der Waals surface area contributed by atoms with Crippen molar-refractivity contribution in [3.63, 3.8) is 0 Å². The number of carboxylic acids is 2. The summed E-state index contributed by atoms with van der Waals surface area (Å²) in [5.41, 5.74) is 1.73. The minimum Gasteiger partial charge on any atom is -0.480 e. The number of carboxylic acid groups (broad SMARTS) is 2. The fourth-order valence-electron chi connectivity index (χ4n) is 2.31. The molecule has 0 aliphatic rings. The molecule has 1 unspecified atom stereocenters. The van der Waals surface area contributed by atoms with E-state index in [9.17, 15) is 19.2 Å². The Hall–Kier alpha value is -3.68. The summed E-state index contributed by atoms with van der Waals surface area (Å²) in [4.78, 5) is 45.1. The number of hydrogen-bond acceptors (Lipinski definition) is 5. The van der Waals surface area contributed by atoms with Gasteiger partial charge in [-0.2, -0.15) is 0 Å². The Morgan fingerprint density at radius 3 is 2.19 bits per heavy atom. The lowest BCUT2D eigenvalue weighted by Crippen LogP contribution is -2.45. The lowest BCUT2D eigenvalue weighted by molar-refractivity contribution is -0.152. The first-order valence-electron chi connectivity index (χ1n) is 7.91. The number of carbonyl (C=O) groups is 4. The second-order valence-corrected chi connectivity index (χ2v) is 5.72. The van der Waals surface area contributed by atoms with Crippen LogP contribution in [-0.2, 0) is 20.8 Å². The Labute approximate surface area is 154 Å². The van der Waals surface area contributed by atoms with Gasteiger partial charge in [0.25, 0.3) is 0 Å². The van der Waals surface area contributed by atoms with Gasteiger partial charge in [-0.05, 0) is 36.2 Å². The van der Waals surface area contributed by atoms with Gasteiger partial charge in [0, 0.05) is 6.42 Å². The smallest absolute Gasteiger partial charge is 0.394 e. The Kier molecular flexibility index (Phi) is 6.27. The number of ether oxygens (including phenoxy) is 1. The maximum Gasteiger partial charge on any atom is 0.394 e. The summed E-state index contributed by atoms with van der Waals surface area (Å²) in [5.74, 6) is -4.77. The Bertz CT molecular complexity index is 874. The lowest BCUT2D eigenvalue weighted by atomic mass is 10.1. The van der Waals surface area contributed by atoms with Gasteiger partial charge in [-0.1, -0.05) is 30.3 Å². The van der Waals surface area contributed by atoms with Gasteiger partial charge in [-0.25, -0.2) is 14.4 Å². The molecule has 2 rings (SSSR count). The molecule has 0 heterocycles. The molecule has 0 radical (unpaired) electrons. The van der Waals surface area contributed by atoms with Crippen molar-refractivity contribution in [3.8, 4) is 5.75 Å². The number of hydrogen-bond donors (Lipinski definition) is 3. The highest BCUT2D eigenvalue weighted by atomic mass is 16.5. The van der Waals surface area contributed by atoms with Crippen LogP contribution in [0.4, 0.5) is 0 Å². The predicted octanol–water partition coefficient (Wildman–Crippen LogP) is 1.41. The summed E-state index contributed by atoms with van der Waals surface area (Å²) in [6, 6.07) is 11.6. The van der Waals surface area contributed by atoms with Gasteiger partial charge < -0.3 is 20.3 Å². The molecule has 0 saturated carbocycles. The first-order valence-corrected chi connectivity index (χ1v) is 7.91. The van der Waals surface area contributed by atoms with Crippen molar-refractivity contribution in [3.05, 3.63) is 65.2 Å². The fourth-order valence-corrected chi connectivity index (χ4v) is 2.31. The number of nitrogens with one attached hydrogen (secondary N) is 1. The number of esters is 1. The van der Waals surface area contributed by atoms with Gasteiger partial charge in [-0.15, -0.1) is 0 Å². The van der Waals surface area contributed by atoms with E-state index >= 15 is 0 Å². The largest absolute Gasteiger partial charge is 0.480 e. The van der Waals surface area contributed by atoms with Gasteiger partial charge in [0.2, 0.25) is 0 Å². The third kappa shape index (κ3) is 5.40. The topological polar surface area (TPSA) is 130 Å². The molecule has 140 valence electrons. The van der Waals surface area contributed by atoms with Crippen LogP contribution in [-0.4, -0.2) is 40.1 Å². The Balaban J connectivity index is 2.04. The van der Waals surface area contributed by atoms with E-state index in [2.05, 4.69) is 0 Å². The van der Waals surface area contributed by atoms with E-state index < -0.39 is 29.9 Å². The van der Waals surface area contributed by atoms with E-state index in [1.165, 1.54) is 24.3 Å². The molecular formula is C19H17NO7. The van der Waals surface area contributed by atoms with Crippen LogP contribution in [0.1, 0.15) is 21.5 Å². The molecule has 8 heteroatoms. The molecule has 0 aromatic heterocycles. The van der Waals surface area contributed by atoms with E-state index in [1.54, 1.807) is 25.1 Å². The summed E-state index contributed by atoms with van der Waals surface area (Å²) < 4.78 is 5.28. The minimum absolute atomic E-state index is 0.125. The highest BCUT2D eigenvalue weighted by molar-refractivity contribution is 6.31. The van der Waals surface area contributed by atoms with E-state index in [4.69, 9.17) is 14.9 Å². The standard InChI is InChI=1S/C19H17NO7/c1-11-4-2-3-5-14(11)19(26)27-13-8-6-12(7-9-13)10-15(17(22)23)20-16(21)18(24)25/h2-9,15H,10H2,1H3,(H,20,21)(H,22,23)(H,24,25). The summed E-state index contributed by atoms with van der Waals surface area (Å²) >= 11 is 0. The van der Waals surface area contributed by atoms with E-state index in [0.717, 1.165) is 5.56 Å². The number of carbonyl (C=O) groups excluding carboxylic acids is 2.